The Bertz CT molecular complexity index is 644. The quantitative estimate of drug-likeness (QED) is 0.777. The SMILES string of the molecule is Oc1ccc(Oc2ccc(-n3cccn3)cc2)cc1. The second-order valence-electron chi connectivity index (χ2n) is 4.04. The van der Waals surface area contributed by atoms with Crippen molar-refractivity contribution in [3.05, 3.63) is 67.0 Å². The number of hydrogen-bond acceptors (Lipinski definition) is 3. The Morgan fingerprint density at radius 2 is 1.53 bits per heavy atom. The van der Waals surface area contributed by atoms with Gasteiger partial charge in [0.25, 0.3) is 0 Å². The molecule has 0 unspecified atom stereocenters. The molecule has 0 spiro atoms. The maximum atomic E-state index is 9.20. The summed E-state index contributed by atoms with van der Waals surface area (Å²) < 4.78 is 7.45. The molecule has 0 aliphatic carbocycles. The lowest BCUT2D eigenvalue weighted by Crippen LogP contribution is -1.93. The van der Waals surface area contributed by atoms with Crippen molar-refractivity contribution in [2.45, 2.75) is 0 Å². The van der Waals surface area contributed by atoms with Crippen LogP contribution in [0.1, 0.15) is 0 Å². The molecule has 3 rings (SSSR count). The van der Waals surface area contributed by atoms with E-state index in [4.69, 9.17) is 4.74 Å². The van der Waals surface area contributed by atoms with Crippen LogP contribution in [0.5, 0.6) is 17.2 Å². The number of benzene rings is 2. The third-order valence-corrected chi connectivity index (χ3v) is 2.68. The van der Waals surface area contributed by atoms with E-state index in [1.54, 1.807) is 35.1 Å². The fourth-order valence-corrected chi connectivity index (χ4v) is 1.74. The molecule has 0 amide bonds. The molecule has 0 fully saturated rings. The molecule has 0 saturated heterocycles. The third kappa shape index (κ3) is 2.57. The molecule has 0 radical (unpaired) electrons. The normalized spacial score (nSPS) is 10.3. The van der Waals surface area contributed by atoms with E-state index >= 15 is 0 Å². The van der Waals surface area contributed by atoms with Crippen LogP contribution in [0.4, 0.5) is 0 Å². The van der Waals surface area contributed by atoms with Gasteiger partial charge in [-0.2, -0.15) is 5.10 Å². The maximum Gasteiger partial charge on any atom is 0.127 e. The number of aromatic nitrogens is 2. The summed E-state index contributed by atoms with van der Waals surface area (Å²) in [6, 6.07) is 16.1. The zero-order valence-corrected chi connectivity index (χ0v) is 10.1. The molecule has 4 heteroatoms. The zero-order chi connectivity index (χ0) is 13.1. The van der Waals surface area contributed by atoms with E-state index in [1.807, 2.05) is 36.5 Å². The maximum absolute atomic E-state index is 9.20. The topological polar surface area (TPSA) is 47.3 Å². The molecule has 94 valence electrons. The number of phenolic OH excluding ortho intramolecular Hbond substituents is 1. The first-order valence-electron chi connectivity index (χ1n) is 5.88. The minimum absolute atomic E-state index is 0.224. The Kier molecular flexibility index (Phi) is 2.90. The standard InChI is InChI=1S/C15H12N2O2/c18-13-4-8-15(9-5-13)19-14-6-2-12(3-7-14)17-11-1-10-16-17/h1-11,18H. The minimum Gasteiger partial charge on any atom is -0.508 e. The van der Waals surface area contributed by atoms with Crippen LogP contribution in [0.25, 0.3) is 5.69 Å². The number of aromatic hydroxyl groups is 1. The van der Waals surface area contributed by atoms with E-state index in [1.165, 1.54) is 0 Å². The average Bonchev–Trinajstić information content (AvgIpc) is 2.96. The first kappa shape index (κ1) is 11.3. The lowest BCUT2D eigenvalue weighted by atomic mass is 10.3. The predicted molar refractivity (Wildman–Crippen MR) is 71.7 cm³/mol. The molecule has 2 aromatic carbocycles. The minimum atomic E-state index is 0.224. The molecular weight excluding hydrogens is 240 g/mol. The predicted octanol–water partition coefficient (Wildman–Crippen LogP) is 3.37. The van der Waals surface area contributed by atoms with E-state index in [0.717, 1.165) is 11.4 Å². The molecule has 0 atom stereocenters. The largest absolute Gasteiger partial charge is 0.508 e. The Morgan fingerprint density at radius 1 is 0.895 bits per heavy atom. The van der Waals surface area contributed by atoms with Crippen molar-refractivity contribution in [2.24, 2.45) is 0 Å². The molecule has 19 heavy (non-hydrogen) atoms. The Morgan fingerprint density at radius 3 is 2.11 bits per heavy atom. The van der Waals surface area contributed by atoms with E-state index in [9.17, 15) is 5.11 Å². The fourth-order valence-electron chi connectivity index (χ4n) is 1.74. The highest BCUT2D eigenvalue weighted by Crippen LogP contribution is 2.24. The number of rotatable bonds is 3. The van der Waals surface area contributed by atoms with Gasteiger partial charge in [0.2, 0.25) is 0 Å². The van der Waals surface area contributed by atoms with Gasteiger partial charge in [0, 0.05) is 12.4 Å². The highest BCUT2D eigenvalue weighted by atomic mass is 16.5. The molecular formula is C15H12N2O2. The molecule has 0 aliphatic heterocycles. The Hall–Kier alpha value is -2.75. The number of phenols is 1. The molecule has 0 aliphatic rings. The highest BCUT2D eigenvalue weighted by Gasteiger charge is 1.99. The molecule has 1 aromatic heterocycles. The molecule has 1 heterocycles. The van der Waals surface area contributed by atoms with Crippen molar-refractivity contribution in [3.8, 4) is 22.9 Å². The van der Waals surface area contributed by atoms with Crippen LogP contribution in [-0.2, 0) is 0 Å². The van der Waals surface area contributed by atoms with Crippen molar-refractivity contribution in [1.29, 1.82) is 0 Å². The van der Waals surface area contributed by atoms with Gasteiger partial charge in [-0.1, -0.05) is 0 Å². The van der Waals surface area contributed by atoms with Gasteiger partial charge in [-0.15, -0.1) is 0 Å². The van der Waals surface area contributed by atoms with Crippen LogP contribution in [0.2, 0.25) is 0 Å². The van der Waals surface area contributed by atoms with Gasteiger partial charge in [0.15, 0.2) is 0 Å². The average molecular weight is 252 g/mol. The van der Waals surface area contributed by atoms with Crippen LogP contribution in [0.15, 0.2) is 67.0 Å². The summed E-state index contributed by atoms with van der Waals surface area (Å²) in [5.74, 6) is 1.65. The zero-order valence-electron chi connectivity index (χ0n) is 10.1. The van der Waals surface area contributed by atoms with E-state index in [-0.39, 0.29) is 5.75 Å². The van der Waals surface area contributed by atoms with Crippen molar-refractivity contribution >= 4 is 0 Å². The molecule has 3 aromatic rings. The summed E-state index contributed by atoms with van der Waals surface area (Å²) >= 11 is 0. The second kappa shape index (κ2) is 4.86. The first-order valence-corrected chi connectivity index (χ1v) is 5.88. The van der Waals surface area contributed by atoms with Gasteiger partial charge in [0.05, 0.1) is 5.69 Å². The summed E-state index contributed by atoms with van der Waals surface area (Å²) in [6.07, 6.45) is 3.62. The van der Waals surface area contributed by atoms with E-state index in [0.29, 0.717) is 5.75 Å². The van der Waals surface area contributed by atoms with Crippen LogP contribution >= 0.6 is 0 Å². The summed E-state index contributed by atoms with van der Waals surface area (Å²) in [4.78, 5) is 0. The fraction of sp³-hybridized carbons (Fsp3) is 0. The van der Waals surface area contributed by atoms with Crippen molar-refractivity contribution < 1.29 is 9.84 Å². The number of nitrogens with zero attached hydrogens (tertiary/aromatic N) is 2. The van der Waals surface area contributed by atoms with Gasteiger partial charge in [-0.3, -0.25) is 0 Å². The summed E-state index contributed by atoms with van der Waals surface area (Å²) in [7, 11) is 0. The number of hydrogen-bond donors (Lipinski definition) is 1. The summed E-state index contributed by atoms with van der Waals surface area (Å²) in [5.41, 5.74) is 0.975. The van der Waals surface area contributed by atoms with Gasteiger partial charge >= 0.3 is 0 Å². The molecule has 4 nitrogen and oxygen atoms in total. The summed E-state index contributed by atoms with van der Waals surface area (Å²) in [6.45, 7) is 0. The highest BCUT2D eigenvalue weighted by molar-refractivity contribution is 5.39. The number of ether oxygens (including phenoxy) is 1. The van der Waals surface area contributed by atoms with E-state index < -0.39 is 0 Å². The first-order chi connectivity index (χ1) is 9.31. The third-order valence-electron chi connectivity index (χ3n) is 2.68. The lowest BCUT2D eigenvalue weighted by Gasteiger charge is -2.07. The van der Waals surface area contributed by atoms with Crippen LogP contribution in [0.3, 0.4) is 0 Å². The van der Waals surface area contributed by atoms with Gasteiger partial charge < -0.3 is 9.84 Å². The van der Waals surface area contributed by atoms with Gasteiger partial charge in [0.1, 0.15) is 17.2 Å². The smallest absolute Gasteiger partial charge is 0.127 e. The molecule has 0 saturated carbocycles. The van der Waals surface area contributed by atoms with Crippen molar-refractivity contribution in [2.75, 3.05) is 0 Å². The Labute approximate surface area is 110 Å². The van der Waals surface area contributed by atoms with Gasteiger partial charge in [-0.25, -0.2) is 4.68 Å². The van der Waals surface area contributed by atoms with Crippen molar-refractivity contribution in [3.63, 3.8) is 0 Å². The lowest BCUT2D eigenvalue weighted by molar-refractivity contribution is 0.464. The van der Waals surface area contributed by atoms with Crippen LogP contribution in [-0.4, -0.2) is 14.9 Å². The van der Waals surface area contributed by atoms with E-state index in [2.05, 4.69) is 5.10 Å². The van der Waals surface area contributed by atoms with Crippen LogP contribution in [0, 0.1) is 0 Å². The van der Waals surface area contributed by atoms with Gasteiger partial charge in [-0.05, 0) is 54.6 Å². The second-order valence-corrected chi connectivity index (χ2v) is 4.04. The van der Waals surface area contributed by atoms with Crippen LogP contribution < -0.4 is 4.74 Å². The van der Waals surface area contributed by atoms with Crippen molar-refractivity contribution in [1.82, 2.24) is 9.78 Å². The molecule has 0 bridgehead atoms. The molecule has 1 N–H and O–H groups in total. The monoisotopic (exact) mass is 252 g/mol. The summed E-state index contributed by atoms with van der Waals surface area (Å²) in [5, 5.41) is 13.4. The Balaban J connectivity index is 1.77.